The number of aromatic nitrogens is 1. The summed E-state index contributed by atoms with van der Waals surface area (Å²) in [6.07, 6.45) is 8.06. The Bertz CT molecular complexity index is 941. The lowest BCUT2D eigenvalue weighted by Gasteiger charge is -2.37. The van der Waals surface area contributed by atoms with Crippen LogP contribution < -0.4 is 9.47 Å². The SMILES string of the molecule is COc1ccc(OC2CCN(C(C)=O)CC2)c(C(=O)N2CCCCC2c2cccnc2)c1. The van der Waals surface area contributed by atoms with Gasteiger partial charge in [-0.25, -0.2) is 0 Å². The van der Waals surface area contributed by atoms with Crippen LogP contribution in [-0.2, 0) is 4.79 Å². The minimum absolute atomic E-state index is 0.00260. The summed E-state index contributed by atoms with van der Waals surface area (Å²) in [4.78, 5) is 33.4. The van der Waals surface area contributed by atoms with E-state index < -0.39 is 0 Å². The van der Waals surface area contributed by atoms with Crippen molar-refractivity contribution in [3.63, 3.8) is 0 Å². The number of methoxy groups -OCH3 is 1. The summed E-state index contributed by atoms with van der Waals surface area (Å²) < 4.78 is 11.7. The third-order valence-corrected chi connectivity index (χ3v) is 6.43. The van der Waals surface area contributed by atoms with Crippen molar-refractivity contribution in [2.75, 3.05) is 26.7 Å². The van der Waals surface area contributed by atoms with Crippen molar-refractivity contribution in [1.29, 1.82) is 0 Å². The first kappa shape index (κ1) is 22.1. The van der Waals surface area contributed by atoms with Crippen molar-refractivity contribution >= 4 is 11.8 Å². The quantitative estimate of drug-likeness (QED) is 0.711. The number of hydrogen-bond donors (Lipinski definition) is 0. The minimum Gasteiger partial charge on any atom is -0.497 e. The molecule has 1 aromatic carbocycles. The number of amides is 2. The van der Waals surface area contributed by atoms with Gasteiger partial charge in [-0.2, -0.15) is 0 Å². The first-order chi connectivity index (χ1) is 15.6. The summed E-state index contributed by atoms with van der Waals surface area (Å²) in [6.45, 7) is 3.65. The van der Waals surface area contributed by atoms with Crippen LogP contribution in [0.5, 0.6) is 11.5 Å². The first-order valence-corrected chi connectivity index (χ1v) is 11.4. The molecule has 2 aromatic rings. The fourth-order valence-electron chi connectivity index (χ4n) is 4.62. The van der Waals surface area contributed by atoms with E-state index in [9.17, 15) is 9.59 Å². The summed E-state index contributed by atoms with van der Waals surface area (Å²) in [7, 11) is 1.60. The van der Waals surface area contributed by atoms with Gasteiger partial charge >= 0.3 is 0 Å². The molecule has 2 fully saturated rings. The average molecular weight is 438 g/mol. The highest BCUT2D eigenvalue weighted by Gasteiger charge is 2.31. The fraction of sp³-hybridized carbons (Fsp3) is 0.480. The van der Waals surface area contributed by atoms with Crippen LogP contribution in [0.2, 0.25) is 0 Å². The van der Waals surface area contributed by atoms with Gasteiger partial charge in [0.25, 0.3) is 5.91 Å². The summed E-state index contributed by atoms with van der Waals surface area (Å²) in [5.74, 6) is 1.25. The molecule has 3 heterocycles. The van der Waals surface area contributed by atoms with E-state index in [1.165, 1.54) is 0 Å². The normalized spacial score (nSPS) is 19.5. The van der Waals surface area contributed by atoms with E-state index in [-0.39, 0.29) is 24.0 Å². The van der Waals surface area contributed by atoms with Crippen LogP contribution in [0.1, 0.15) is 61.0 Å². The summed E-state index contributed by atoms with van der Waals surface area (Å²) in [6, 6.07) is 9.38. The molecule has 0 radical (unpaired) electrons. The predicted molar refractivity (Wildman–Crippen MR) is 121 cm³/mol. The number of rotatable bonds is 5. The average Bonchev–Trinajstić information content (AvgIpc) is 2.84. The second-order valence-electron chi connectivity index (χ2n) is 8.48. The van der Waals surface area contributed by atoms with Crippen molar-refractivity contribution in [2.24, 2.45) is 0 Å². The lowest BCUT2D eigenvalue weighted by Crippen LogP contribution is -2.41. The maximum Gasteiger partial charge on any atom is 0.258 e. The number of likely N-dealkylation sites (tertiary alicyclic amines) is 2. The zero-order valence-corrected chi connectivity index (χ0v) is 18.8. The molecule has 2 aliphatic rings. The molecule has 2 aliphatic heterocycles. The summed E-state index contributed by atoms with van der Waals surface area (Å²) in [5, 5.41) is 0. The first-order valence-electron chi connectivity index (χ1n) is 11.4. The maximum atomic E-state index is 13.8. The van der Waals surface area contributed by atoms with Crippen molar-refractivity contribution in [3.8, 4) is 11.5 Å². The van der Waals surface area contributed by atoms with Gasteiger partial charge in [0.15, 0.2) is 0 Å². The maximum absolute atomic E-state index is 13.8. The number of pyridine rings is 1. The van der Waals surface area contributed by atoms with Gasteiger partial charge in [0.05, 0.1) is 18.7 Å². The molecule has 0 saturated carbocycles. The summed E-state index contributed by atoms with van der Waals surface area (Å²) >= 11 is 0. The van der Waals surface area contributed by atoms with Gasteiger partial charge in [0, 0.05) is 51.8 Å². The Hall–Kier alpha value is -3.09. The van der Waals surface area contributed by atoms with Crippen LogP contribution in [-0.4, -0.2) is 59.4 Å². The standard InChI is InChI=1S/C25H31N3O4/c1-18(29)27-14-10-20(11-15-27)32-24-9-8-21(31-2)16-22(24)25(30)28-13-4-3-7-23(28)19-6-5-12-26-17-19/h5-6,8-9,12,16-17,20,23H,3-4,7,10-11,13-15H2,1-2H3. The molecule has 0 N–H and O–H groups in total. The zero-order chi connectivity index (χ0) is 22.5. The number of hydrogen-bond acceptors (Lipinski definition) is 5. The number of benzene rings is 1. The van der Waals surface area contributed by atoms with Gasteiger partial charge in [-0.1, -0.05) is 6.07 Å². The number of carbonyl (C=O) groups excluding carboxylic acids is 2. The Morgan fingerprint density at radius 3 is 2.56 bits per heavy atom. The molecule has 0 aliphatic carbocycles. The summed E-state index contributed by atoms with van der Waals surface area (Å²) in [5.41, 5.74) is 1.58. The molecular formula is C25H31N3O4. The number of piperidine rings is 2. The van der Waals surface area contributed by atoms with E-state index >= 15 is 0 Å². The third-order valence-electron chi connectivity index (χ3n) is 6.43. The molecule has 4 rings (SSSR count). The molecule has 1 aromatic heterocycles. The van der Waals surface area contributed by atoms with Gasteiger partial charge in [-0.05, 0) is 49.1 Å². The van der Waals surface area contributed by atoms with E-state index in [0.717, 1.165) is 37.7 Å². The van der Waals surface area contributed by atoms with Crippen LogP contribution in [0.15, 0.2) is 42.7 Å². The van der Waals surface area contributed by atoms with E-state index in [4.69, 9.17) is 9.47 Å². The molecule has 7 heteroatoms. The van der Waals surface area contributed by atoms with Crippen LogP contribution in [0.3, 0.4) is 0 Å². The Labute approximate surface area is 189 Å². The molecule has 2 saturated heterocycles. The highest BCUT2D eigenvalue weighted by molar-refractivity contribution is 5.97. The van der Waals surface area contributed by atoms with Crippen molar-refractivity contribution < 1.29 is 19.1 Å². The molecule has 1 unspecified atom stereocenters. The second-order valence-corrected chi connectivity index (χ2v) is 8.48. The molecule has 0 bridgehead atoms. The van der Waals surface area contributed by atoms with Crippen molar-refractivity contribution in [3.05, 3.63) is 53.9 Å². The van der Waals surface area contributed by atoms with Gasteiger partial charge in [0.2, 0.25) is 5.91 Å². The minimum atomic E-state index is -0.0476. The number of carbonyl (C=O) groups is 2. The van der Waals surface area contributed by atoms with Crippen molar-refractivity contribution in [1.82, 2.24) is 14.8 Å². The van der Waals surface area contributed by atoms with Gasteiger partial charge in [0.1, 0.15) is 17.6 Å². The smallest absolute Gasteiger partial charge is 0.258 e. The highest BCUT2D eigenvalue weighted by atomic mass is 16.5. The molecular weight excluding hydrogens is 406 g/mol. The largest absolute Gasteiger partial charge is 0.497 e. The third kappa shape index (κ3) is 4.87. The van der Waals surface area contributed by atoms with Crippen LogP contribution in [0.25, 0.3) is 0 Å². The van der Waals surface area contributed by atoms with Crippen LogP contribution in [0.4, 0.5) is 0 Å². The predicted octanol–water partition coefficient (Wildman–Crippen LogP) is 3.85. The Balaban J connectivity index is 1.57. The lowest BCUT2D eigenvalue weighted by atomic mass is 9.95. The molecule has 170 valence electrons. The van der Waals surface area contributed by atoms with E-state index in [1.54, 1.807) is 26.3 Å². The van der Waals surface area contributed by atoms with Crippen LogP contribution >= 0.6 is 0 Å². The highest BCUT2D eigenvalue weighted by Crippen LogP contribution is 2.35. The lowest BCUT2D eigenvalue weighted by molar-refractivity contribution is -0.130. The Morgan fingerprint density at radius 1 is 1.06 bits per heavy atom. The van der Waals surface area contributed by atoms with Crippen LogP contribution in [0, 0.1) is 0 Å². The fourth-order valence-corrected chi connectivity index (χ4v) is 4.62. The van der Waals surface area contributed by atoms with E-state index in [1.807, 2.05) is 40.3 Å². The molecule has 32 heavy (non-hydrogen) atoms. The molecule has 7 nitrogen and oxygen atoms in total. The monoisotopic (exact) mass is 437 g/mol. The van der Waals surface area contributed by atoms with Gasteiger partial charge in [-0.3, -0.25) is 14.6 Å². The zero-order valence-electron chi connectivity index (χ0n) is 18.8. The molecule has 2 amide bonds. The number of ether oxygens (including phenoxy) is 2. The van der Waals surface area contributed by atoms with E-state index in [0.29, 0.717) is 36.7 Å². The topological polar surface area (TPSA) is 72.0 Å². The Morgan fingerprint density at radius 2 is 1.88 bits per heavy atom. The molecule has 0 spiro atoms. The number of nitrogens with zero attached hydrogens (tertiary/aromatic N) is 3. The second kappa shape index (κ2) is 10.0. The molecule has 1 atom stereocenters. The van der Waals surface area contributed by atoms with Gasteiger partial charge in [-0.15, -0.1) is 0 Å². The van der Waals surface area contributed by atoms with Crippen molar-refractivity contribution in [2.45, 2.75) is 51.2 Å². The van der Waals surface area contributed by atoms with Gasteiger partial charge < -0.3 is 19.3 Å². The Kier molecular flexibility index (Phi) is 6.93. The van der Waals surface area contributed by atoms with E-state index in [2.05, 4.69) is 4.98 Å².